The maximum Gasteiger partial charge on any atom is 0.142 e. The van der Waals surface area contributed by atoms with E-state index in [2.05, 4.69) is 22.7 Å². The van der Waals surface area contributed by atoms with Crippen molar-refractivity contribution in [2.45, 2.75) is 38.6 Å². The molecule has 1 aliphatic rings. The molecule has 0 atom stereocenters. The molecule has 23 heavy (non-hydrogen) atoms. The summed E-state index contributed by atoms with van der Waals surface area (Å²) in [4.78, 5) is 4.83. The van der Waals surface area contributed by atoms with Crippen molar-refractivity contribution in [1.29, 1.82) is 0 Å². The third-order valence-corrected chi connectivity index (χ3v) is 4.70. The van der Waals surface area contributed by atoms with Gasteiger partial charge in [-0.25, -0.2) is 4.98 Å². The first-order chi connectivity index (χ1) is 11.2. The van der Waals surface area contributed by atoms with Gasteiger partial charge in [0.05, 0.1) is 0 Å². The Hall–Kier alpha value is -2.49. The van der Waals surface area contributed by atoms with E-state index in [4.69, 9.17) is 4.98 Å². The molecule has 1 aliphatic carbocycles. The van der Waals surface area contributed by atoms with E-state index in [1.807, 2.05) is 30.5 Å². The summed E-state index contributed by atoms with van der Waals surface area (Å²) in [5.74, 6) is 1.25. The van der Waals surface area contributed by atoms with Gasteiger partial charge in [0.25, 0.3) is 0 Å². The van der Waals surface area contributed by atoms with Gasteiger partial charge in [0.15, 0.2) is 0 Å². The Morgan fingerprint density at radius 1 is 1.13 bits per heavy atom. The zero-order valence-electron chi connectivity index (χ0n) is 13.3. The minimum atomic E-state index is 0.267. The van der Waals surface area contributed by atoms with E-state index in [0.717, 1.165) is 28.3 Å². The van der Waals surface area contributed by atoms with E-state index in [1.54, 1.807) is 6.07 Å². The van der Waals surface area contributed by atoms with Crippen LogP contribution in [0.1, 0.15) is 31.2 Å². The summed E-state index contributed by atoms with van der Waals surface area (Å²) < 4.78 is 2.11. The highest BCUT2D eigenvalue weighted by atomic mass is 16.3. The Kier molecular flexibility index (Phi) is 3.45. The van der Waals surface area contributed by atoms with Crippen LogP contribution in [0.4, 0.5) is 5.82 Å². The first-order valence-electron chi connectivity index (χ1n) is 8.26. The number of nitrogens with zero attached hydrogens (tertiary/aromatic N) is 2. The number of imidazole rings is 1. The van der Waals surface area contributed by atoms with Crippen LogP contribution in [0.5, 0.6) is 5.75 Å². The first-order valence-corrected chi connectivity index (χ1v) is 8.26. The Bertz CT molecular complexity index is 847. The van der Waals surface area contributed by atoms with Gasteiger partial charge < -0.3 is 10.4 Å². The van der Waals surface area contributed by atoms with Gasteiger partial charge in [-0.1, -0.05) is 31.0 Å². The average molecular weight is 307 g/mol. The molecule has 1 aromatic carbocycles. The van der Waals surface area contributed by atoms with E-state index in [1.165, 1.54) is 25.7 Å². The fraction of sp³-hybridized carbons (Fsp3) is 0.316. The molecule has 1 saturated carbocycles. The second kappa shape index (κ2) is 5.61. The summed E-state index contributed by atoms with van der Waals surface area (Å²) in [5, 5.41) is 13.9. The monoisotopic (exact) mass is 307 g/mol. The van der Waals surface area contributed by atoms with Crippen molar-refractivity contribution in [2.75, 3.05) is 5.32 Å². The van der Waals surface area contributed by atoms with Crippen molar-refractivity contribution in [3.8, 4) is 17.0 Å². The number of rotatable bonds is 3. The topological polar surface area (TPSA) is 49.6 Å². The van der Waals surface area contributed by atoms with E-state index in [0.29, 0.717) is 6.04 Å². The van der Waals surface area contributed by atoms with E-state index in [-0.39, 0.29) is 5.75 Å². The molecule has 2 heterocycles. The number of phenolic OH excluding ortho intramolecular Hbond substituents is 1. The van der Waals surface area contributed by atoms with Crippen LogP contribution in [0.2, 0.25) is 0 Å². The van der Waals surface area contributed by atoms with E-state index in [9.17, 15) is 5.11 Å². The van der Waals surface area contributed by atoms with Crippen LogP contribution in [0.25, 0.3) is 16.9 Å². The van der Waals surface area contributed by atoms with Gasteiger partial charge in [-0.05, 0) is 43.5 Å². The van der Waals surface area contributed by atoms with Crippen molar-refractivity contribution in [2.24, 2.45) is 0 Å². The van der Waals surface area contributed by atoms with Crippen molar-refractivity contribution >= 4 is 11.5 Å². The largest absolute Gasteiger partial charge is 0.507 e. The fourth-order valence-electron chi connectivity index (χ4n) is 3.47. The number of nitrogens with one attached hydrogen (secondary N) is 1. The lowest BCUT2D eigenvalue weighted by Gasteiger charge is -2.15. The van der Waals surface area contributed by atoms with Crippen LogP contribution in [-0.2, 0) is 0 Å². The number of aromatic nitrogens is 2. The van der Waals surface area contributed by atoms with Crippen molar-refractivity contribution in [3.05, 3.63) is 48.2 Å². The number of phenols is 1. The van der Waals surface area contributed by atoms with E-state index >= 15 is 0 Å². The lowest BCUT2D eigenvalue weighted by Crippen LogP contribution is -2.16. The lowest BCUT2D eigenvalue weighted by molar-refractivity contribution is 0.477. The highest BCUT2D eigenvalue weighted by Gasteiger charge is 2.22. The Balaban J connectivity index is 1.91. The molecular weight excluding hydrogens is 286 g/mol. The first kappa shape index (κ1) is 14.1. The Morgan fingerprint density at radius 2 is 1.91 bits per heavy atom. The summed E-state index contributed by atoms with van der Waals surface area (Å²) >= 11 is 0. The third kappa shape index (κ3) is 2.44. The normalized spacial score (nSPS) is 15.3. The molecule has 4 heteroatoms. The van der Waals surface area contributed by atoms with Gasteiger partial charge in [-0.15, -0.1) is 0 Å². The molecule has 0 aliphatic heterocycles. The molecule has 118 valence electrons. The molecule has 0 unspecified atom stereocenters. The number of aryl methyl sites for hydroxylation is 1. The Morgan fingerprint density at radius 3 is 2.70 bits per heavy atom. The third-order valence-electron chi connectivity index (χ3n) is 4.70. The molecule has 0 spiro atoms. The standard InChI is InChI=1S/C19H21N3O/c1-13-7-6-12-22-18(13)21-17(15-10-4-5-11-16(15)23)19(22)20-14-8-2-3-9-14/h4-7,10-12,14,20,23H,2-3,8-9H2,1H3. The molecule has 4 nitrogen and oxygen atoms in total. The average Bonchev–Trinajstić information content (AvgIpc) is 3.18. The minimum Gasteiger partial charge on any atom is -0.507 e. The molecular formula is C19H21N3O. The summed E-state index contributed by atoms with van der Waals surface area (Å²) in [5.41, 5.74) is 3.66. The second-order valence-electron chi connectivity index (χ2n) is 6.34. The number of hydrogen-bond acceptors (Lipinski definition) is 3. The fourth-order valence-corrected chi connectivity index (χ4v) is 3.47. The van der Waals surface area contributed by atoms with Crippen LogP contribution in [0, 0.1) is 6.92 Å². The van der Waals surface area contributed by atoms with Crippen molar-refractivity contribution in [3.63, 3.8) is 0 Å². The highest BCUT2D eigenvalue weighted by Crippen LogP contribution is 2.36. The van der Waals surface area contributed by atoms with Crippen LogP contribution in [0.3, 0.4) is 0 Å². The summed E-state index contributed by atoms with van der Waals surface area (Å²) in [7, 11) is 0. The number of para-hydroxylation sites is 1. The van der Waals surface area contributed by atoms with Gasteiger partial charge in [0, 0.05) is 17.8 Å². The number of anilines is 1. The molecule has 2 aromatic heterocycles. The molecule has 3 aromatic rings. The van der Waals surface area contributed by atoms with E-state index < -0.39 is 0 Å². The van der Waals surface area contributed by atoms with Crippen LogP contribution < -0.4 is 5.32 Å². The van der Waals surface area contributed by atoms with Crippen LogP contribution in [0.15, 0.2) is 42.6 Å². The van der Waals surface area contributed by atoms with Gasteiger partial charge in [0.2, 0.25) is 0 Å². The lowest BCUT2D eigenvalue weighted by atomic mass is 10.1. The van der Waals surface area contributed by atoms with Gasteiger partial charge in [0.1, 0.15) is 22.9 Å². The number of aromatic hydroxyl groups is 1. The highest BCUT2D eigenvalue weighted by molar-refractivity contribution is 5.80. The zero-order chi connectivity index (χ0) is 15.8. The second-order valence-corrected chi connectivity index (χ2v) is 6.34. The number of pyridine rings is 1. The maximum absolute atomic E-state index is 10.3. The van der Waals surface area contributed by atoms with Crippen molar-refractivity contribution < 1.29 is 5.11 Å². The Labute approximate surface area is 135 Å². The molecule has 4 rings (SSSR count). The quantitative estimate of drug-likeness (QED) is 0.755. The smallest absolute Gasteiger partial charge is 0.142 e. The summed E-state index contributed by atoms with van der Waals surface area (Å²) in [6, 6.07) is 12.0. The minimum absolute atomic E-state index is 0.267. The number of benzene rings is 1. The van der Waals surface area contributed by atoms with Gasteiger partial charge in [-0.2, -0.15) is 0 Å². The molecule has 0 saturated heterocycles. The number of hydrogen-bond donors (Lipinski definition) is 2. The molecule has 1 fully saturated rings. The predicted molar refractivity (Wildman–Crippen MR) is 92.9 cm³/mol. The number of fused-ring (bicyclic) bond motifs is 1. The predicted octanol–water partition coefficient (Wildman–Crippen LogP) is 4.37. The molecule has 0 amide bonds. The molecule has 2 N–H and O–H groups in total. The van der Waals surface area contributed by atoms with Gasteiger partial charge >= 0.3 is 0 Å². The van der Waals surface area contributed by atoms with Crippen LogP contribution >= 0.6 is 0 Å². The molecule has 0 bridgehead atoms. The van der Waals surface area contributed by atoms with Crippen molar-refractivity contribution in [1.82, 2.24) is 9.38 Å². The summed E-state index contributed by atoms with van der Waals surface area (Å²) in [6.45, 7) is 2.07. The van der Waals surface area contributed by atoms with Gasteiger partial charge in [-0.3, -0.25) is 4.40 Å². The van der Waals surface area contributed by atoms with Crippen LogP contribution in [-0.4, -0.2) is 20.5 Å². The summed E-state index contributed by atoms with van der Waals surface area (Å²) in [6.07, 6.45) is 6.98. The molecule has 0 radical (unpaired) electrons. The maximum atomic E-state index is 10.3. The zero-order valence-corrected chi connectivity index (χ0v) is 13.3. The SMILES string of the molecule is Cc1cccn2c(NC3CCCC3)c(-c3ccccc3O)nc12.